The predicted molar refractivity (Wildman–Crippen MR) is 58.1 cm³/mol. The molecule has 0 amide bonds. The Kier molecular flexibility index (Phi) is 2.87. The molecule has 0 unspecified atom stereocenters. The molecule has 0 bridgehead atoms. The van der Waals surface area contributed by atoms with Crippen LogP contribution in [0.2, 0.25) is 0 Å². The van der Waals surface area contributed by atoms with Crippen molar-refractivity contribution in [2.24, 2.45) is 5.92 Å². The van der Waals surface area contributed by atoms with Crippen molar-refractivity contribution in [2.75, 3.05) is 6.61 Å². The van der Waals surface area contributed by atoms with Crippen LogP contribution >= 0.6 is 0 Å². The van der Waals surface area contributed by atoms with E-state index in [-0.39, 0.29) is 5.56 Å². The Morgan fingerprint density at radius 1 is 1.31 bits per heavy atom. The molecule has 0 saturated heterocycles. The van der Waals surface area contributed by atoms with Crippen molar-refractivity contribution in [2.45, 2.75) is 19.8 Å². The first-order valence-electron chi connectivity index (χ1n) is 5.40. The molecule has 1 saturated carbocycles. The van der Waals surface area contributed by atoms with Gasteiger partial charge >= 0.3 is 6.98 Å². The van der Waals surface area contributed by atoms with Crippen molar-refractivity contribution in [3.05, 3.63) is 23.8 Å². The van der Waals surface area contributed by atoms with Crippen molar-refractivity contribution >= 4 is 12.4 Å². The third kappa shape index (κ3) is 2.71. The van der Waals surface area contributed by atoms with Crippen LogP contribution in [0.15, 0.2) is 18.2 Å². The fourth-order valence-corrected chi connectivity index (χ4v) is 1.60. The van der Waals surface area contributed by atoms with E-state index >= 15 is 0 Å². The van der Waals surface area contributed by atoms with E-state index in [0.717, 1.165) is 6.07 Å². The van der Waals surface area contributed by atoms with E-state index in [2.05, 4.69) is 0 Å². The summed E-state index contributed by atoms with van der Waals surface area (Å²) in [5, 5.41) is 0. The highest BCUT2D eigenvalue weighted by Crippen LogP contribution is 2.29. The summed E-state index contributed by atoms with van der Waals surface area (Å²) in [6, 6.07) is 3.98. The lowest BCUT2D eigenvalue weighted by Crippen LogP contribution is -2.35. The first-order chi connectivity index (χ1) is 7.47. The van der Waals surface area contributed by atoms with Crippen molar-refractivity contribution < 1.29 is 17.7 Å². The normalized spacial score (nSPS) is 16.2. The SMILES string of the molecule is Cc1cc(OCC2CC2)ccc1[B-](F)(F)F. The number of benzene rings is 1. The third-order valence-electron chi connectivity index (χ3n) is 2.78. The zero-order valence-corrected chi connectivity index (χ0v) is 9.05. The Hall–Kier alpha value is -1.13. The number of halogens is 3. The minimum absolute atomic E-state index is 0.237. The molecular formula is C11H13BF3O-. The molecule has 1 aliphatic carbocycles. The monoisotopic (exact) mass is 229 g/mol. The number of ether oxygens (including phenoxy) is 1. The number of hydrogen-bond acceptors (Lipinski definition) is 1. The fourth-order valence-electron chi connectivity index (χ4n) is 1.60. The van der Waals surface area contributed by atoms with E-state index in [1.807, 2.05) is 0 Å². The second-order valence-corrected chi connectivity index (χ2v) is 4.35. The summed E-state index contributed by atoms with van der Waals surface area (Å²) in [6.45, 7) is -2.83. The van der Waals surface area contributed by atoms with Gasteiger partial charge in [0.1, 0.15) is 5.75 Å². The van der Waals surface area contributed by atoms with Crippen molar-refractivity contribution in [3.63, 3.8) is 0 Å². The van der Waals surface area contributed by atoms with Crippen LogP contribution in [0.5, 0.6) is 5.75 Å². The van der Waals surface area contributed by atoms with Crippen LogP contribution in [0, 0.1) is 12.8 Å². The summed E-state index contributed by atoms with van der Waals surface area (Å²) < 4.78 is 43.0. The van der Waals surface area contributed by atoms with Crippen molar-refractivity contribution in [1.29, 1.82) is 0 Å². The molecule has 1 nitrogen and oxygen atoms in total. The molecule has 1 aliphatic rings. The van der Waals surface area contributed by atoms with E-state index in [0.29, 0.717) is 18.3 Å². The van der Waals surface area contributed by atoms with Gasteiger partial charge in [-0.2, -0.15) is 0 Å². The van der Waals surface area contributed by atoms with Gasteiger partial charge in [0.25, 0.3) is 0 Å². The van der Waals surface area contributed by atoms with Gasteiger partial charge in [0.15, 0.2) is 0 Å². The topological polar surface area (TPSA) is 9.23 Å². The second-order valence-electron chi connectivity index (χ2n) is 4.35. The molecule has 2 rings (SSSR count). The largest absolute Gasteiger partial charge is 0.509 e. The number of aryl methyl sites for hydroxylation is 1. The summed E-state index contributed by atoms with van der Waals surface area (Å²) in [4.78, 5) is 0. The molecule has 5 heteroatoms. The molecule has 0 N–H and O–H groups in total. The van der Waals surface area contributed by atoms with E-state index in [1.165, 1.54) is 31.9 Å². The highest BCUT2D eigenvalue weighted by atomic mass is 19.4. The van der Waals surface area contributed by atoms with Crippen LogP contribution in [-0.4, -0.2) is 13.6 Å². The highest BCUT2D eigenvalue weighted by Gasteiger charge is 2.27. The van der Waals surface area contributed by atoms with E-state index in [1.54, 1.807) is 0 Å². The molecule has 0 atom stereocenters. The second kappa shape index (κ2) is 4.03. The summed E-state index contributed by atoms with van der Waals surface area (Å²) in [5.74, 6) is 1.14. The summed E-state index contributed by atoms with van der Waals surface area (Å²) in [5.41, 5.74) is -0.292. The molecule has 0 radical (unpaired) electrons. The molecule has 1 aromatic rings. The Bertz CT molecular complexity index is 385. The van der Waals surface area contributed by atoms with Gasteiger partial charge < -0.3 is 17.7 Å². The zero-order chi connectivity index (χ0) is 11.8. The Morgan fingerprint density at radius 2 is 2.00 bits per heavy atom. The Balaban J connectivity index is 2.08. The predicted octanol–water partition coefficient (Wildman–Crippen LogP) is 2.84. The molecule has 0 spiro atoms. The van der Waals surface area contributed by atoms with Crippen LogP contribution in [0.4, 0.5) is 12.9 Å². The van der Waals surface area contributed by atoms with E-state index < -0.39 is 12.4 Å². The maximum atomic E-state index is 12.5. The smallest absolute Gasteiger partial charge is 0.493 e. The lowest BCUT2D eigenvalue weighted by Gasteiger charge is -2.18. The van der Waals surface area contributed by atoms with Crippen LogP contribution in [-0.2, 0) is 0 Å². The van der Waals surface area contributed by atoms with Gasteiger partial charge in [0.05, 0.1) is 6.61 Å². The first kappa shape index (κ1) is 11.4. The summed E-state index contributed by atoms with van der Waals surface area (Å²) in [6.07, 6.45) is 2.34. The average molecular weight is 229 g/mol. The highest BCUT2D eigenvalue weighted by molar-refractivity contribution is 6.74. The minimum Gasteiger partial charge on any atom is -0.493 e. The van der Waals surface area contributed by atoms with Gasteiger partial charge in [-0.3, -0.25) is 0 Å². The average Bonchev–Trinajstić information content (AvgIpc) is 2.96. The van der Waals surface area contributed by atoms with Gasteiger partial charge in [0, 0.05) is 0 Å². The van der Waals surface area contributed by atoms with E-state index in [9.17, 15) is 12.9 Å². The third-order valence-corrected chi connectivity index (χ3v) is 2.78. The van der Waals surface area contributed by atoms with Crippen LogP contribution in [0.3, 0.4) is 0 Å². The molecule has 0 heterocycles. The standard InChI is InChI=1S/C11H13BF3O/c1-8-6-10(16-7-9-2-3-9)4-5-11(8)12(13,14)15/h4-6,9H,2-3,7H2,1H3/q-1. The Morgan fingerprint density at radius 3 is 2.50 bits per heavy atom. The van der Waals surface area contributed by atoms with Crippen molar-refractivity contribution in [1.82, 2.24) is 0 Å². The zero-order valence-electron chi connectivity index (χ0n) is 9.05. The van der Waals surface area contributed by atoms with E-state index in [4.69, 9.17) is 4.74 Å². The van der Waals surface area contributed by atoms with Crippen LogP contribution < -0.4 is 10.2 Å². The molecule has 0 aromatic heterocycles. The molecule has 88 valence electrons. The first-order valence-corrected chi connectivity index (χ1v) is 5.40. The van der Waals surface area contributed by atoms with Crippen LogP contribution in [0.1, 0.15) is 18.4 Å². The van der Waals surface area contributed by atoms with Gasteiger partial charge in [-0.05, 0) is 37.8 Å². The van der Waals surface area contributed by atoms with Crippen molar-refractivity contribution in [3.8, 4) is 5.75 Å². The summed E-state index contributed by atoms with van der Waals surface area (Å²) in [7, 11) is 0. The molecule has 1 fully saturated rings. The quantitative estimate of drug-likeness (QED) is 0.721. The maximum Gasteiger partial charge on any atom is 0.509 e. The van der Waals surface area contributed by atoms with Gasteiger partial charge in [0.2, 0.25) is 0 Å². The van der Waals surface area contributed by atoms with Crippen LogP contribution in [0.25, 0.3) is 0 Å². The van der Waals surface area contributed by atoms with Gasteiger partial charge in [-0.25, -0.2) is 0 Å². The molecular weight excluding hydrogens is 216 g/mol. The maximum absolute atomic E-state index is 12.5. The lowest BCUT2D eigenvalue weighted by atomic mass is 9.77. The molecule has 1 aromatic carbocycles. The summed E-state index contributed by atoms with van der Waals surface area (Å²) >= 11 is 0. The Labute approximate surface area is 92.7 Å². The minimum atomic E-state index is -4.91. The van der Waals surface area contributed by atoms with Gasteiger partial charge in [-0.15, -0.1) is 5.46 Å². The number of hydrogen-bond donors (Lipinski definition) is 0. The van der Waals surface area contributed by atoms with Gasteiger partial charge in [-0.1, -0.05) is 11.6 Å². The lowest BCUT2D eigenvalue weighted by molar-refractivity contribution is 0.299. The molecule has 0 aliphatic heterocycles. The fraction of sp³-hybridized carbons (Fsp3) is 0.455. The number of rotatable bonds is 4. The molecule has 16 heavy (non-hydrogen) atoms.